The van der Waals surface area contributed by atoms with Gasteiger partial charge in [-0.2, -0.15) is 16.8 Å². The molecule has 9 heteroatoms. The number of benzene rings is 1. The molecule has 116 valence electrons. The molecule has 0 spiro atoms. The maximum Gasteiger partial charge on any atom is 0.304 e. The van der Waals surface area contributed by atoms with E-state index in [-0.39, 0.29) is 13.1 Å². The molecule has 0 saturated carbocycles. The van der Waals surface area contributed by atoms with E-state index in [9.17, 15) is 24.6 Å². The fraction of sp³-hybridized carbons (Fsp3) is 0.333. The second-order valence-corrected chi connectivity index (χ2v) is 7.14. The number of halogens is 2. The summed E-state index contributed by atoms with van der Waals surface area (Å²) in [5.41, 5.74) is 0.862. The van der Waals surface area contributed by atoms with Crippen molar-refractivity contribution in [1.82, 2.24) is 0 Å². The Bertz CT molecular complexity index is 703. The van der Waals surface area contributed by atoms with Gasteiger partial charge in [-0.1, -0.05) is 12.0 Å². The van der Waals surface area contributed by atoms with E-state index in [4.69, 9.17) is 6.42 Å². The highest BCUT2D eigenvalue weighted by Gasteiger charge is 2.16. The van der Waals surface area contributed by atoms with Crippen molar-refractivity contribution in [2.45, 2.75) is 0 Å². The largest absolute Gasteiger partial charge is 0.369 e. The van der Waals surface area contributed by atoms with Crippen LogP contribution in [0.1, 0.15) is 5.56 Å². The minimum Gasteiger partial charge on any atom is -0.369 e. The second-order valence-electron chi connectivity index (χ2n) is 4.17. The third-order valence-corrected chi connectivity index (χ3v) is 3.93. The predicted octanol–water partition coefficient (Wildman–Crippen LogP) is 1.07. The van der Waals surface area contributed by atoms with Crippen molar-refractivity contribution < 1.29 is 24.6 Å². The van der Waals surface area contributed by atoms with Crippen molar-refractivity contribution in [3.63, 3.8) is 0 Å². The number of nitrogens with zero attached hydrogens (tertiary/aromatic N) is 1. The van der Waals surface area contributed by atoms with Crippen molar-refractivity contribution in [3.8, 4) is 12.3 Å². The van der Waals surface area contributed by atoms with Gasteiger partial charge in [0, 0.05) is 24.3 Å². The first-order valence-electron chi connectivity index (χ1n) is 5.77. The van der Waals surface area contributed by atoms with Crippen LogP contribution < -0.4 is 4.90 Å². The minimum absolute atomic E-state index is 0.317. The van der Waals surface area contributed by atoms with Gasteiger partial charge >= 0.3 is 20.4 Å². The number of hydrogen-bond acceptors (Lipinski definition) is 5. The summed E-state index contributed by atoms with van der Waals surface area (Å²) in [7, 11) is -9.44. The van der Waals surface area contributed by atoms with E-state index in [1.807, 2.05) is 0 Å². The van der Waals surface area contributed by atoms with Crippen LogP contribution in [0.25, 0.3) is 0 Å². The van der Waals surface area contributed by atoms with Gasteiger partial charge in [0.25, 0.3) is 0 Å². The summed E-state index contributed by atoms with van der Waals surface area (Å²) < 4.78 is 67.5. The van der Waals surface area contributed by atoms with Crippen molar-refractivity contribution in [2.75, 3.05) is 29.5 Å². The first-order valence-corrected chi connectivity index (χ1v) is 8.87. The summed E-state index contributed by atoms with van der Waals surface area (Å²) in [6.07, 6.45) is 5.23. The Balaban J connectivity index is 2.97. The lowest BCUT2D eigenvalue weighted by atomic mass is 10.2. The fourth-order valence-corrected chi connectivity index (χ4v) is 2.48. The van der Waals surface area contributed by atoms with E-state index in [2.05, 4.69) is 5.92 Å². The van der Waals surface area contributed by atoms with Crippen molar-refractivity contribution in [1.29, 1.82) is 0 Å². The summed E-state index contributed by atoms with van der Waals surface area (Å²) >= 11 is 0. The molecule has 21 heavy (non-hydrogen) atoms. The van der Waals surface area contributed by atoms with Crippen LogP contribution >= 0.6 is 0 Å². The molecule has 0 aliphatic heterocycles. The fourth-order valence-electron chi connectivity index (χ4n) is 1.60. The third kappa shape index (κ3) is 7.06. The zero-order valence-electron chi connectivity index (χ0n) is 10.9. The van der Waals surface area contributed by atoms with Gasteiger partial charge in [-0.25, -0.2) is 0 Å². The highest BCUT2D eigenvalue weighted by Crippen LogP contribution is 2.16. The van der Waals surface area contributed by atoms with Gasteiger partial charge in [-0.05, 0) is 18.2 Å². The Labute approximate surface area is 123 Å². The maximum absolute atomic E-state index is 12.6. The molecule has 0 saturated heterocycles. The first-order chi connectivity index (χ1) is 9.61. The molecular weight excluding hydrogens is 324 g/mol. The zero-order chi connectivity index (χ0) is 16.1. The van der Waals surface area contributed by atoms with Gasteiger partial charge in [0.15, 0.2) is 0 Å². The predicted molar refractivity (Wildman–Crippen MR) is 76.4 cm³/mol. The number of anilines is 1. The first kappa shape index (κ1) is 17.4. The molecule has 0 bridgehead atoms. The quantitative estimate of drug-likeness (QED) is 0.550. The van der Waals surface area contributed by atoms with Gasteiger partial charge in [0.2, 0.25) is 0 Å². The number of hydrogen-bond donors (Lipinski definition) is 0. The van der Waals surface area contributed by atoms with Crippen LogP contribution in [0.3, 0.4) is 0 Å². The molecule has 0 N–H and O–H groups in total. The van der Waals surface area contributed by atoms with Gasteiger partial charge in [0.1, 0.15) is 0 Å². The molecule has 0 atom stereocenters. The molecule has 0 amide bonds. The molecule has 0 unspecified atom stereocenters. The van der Waals surface area contributed by atoms with Crippen LogP contribution in [0.15, 0.2) is 24.3 Å². The van der Waals surface area contributed by atoms with E-state index in [1.165, 1.54) is 17.0 Å². The van der Waals surface area contributed by atoms with Gasteiger partial charge < -0.3 is 4.90 Å². The van der Waals surface area contributed by atoms with Crippen molar-refractivity contribution in [2.24, 2.45) is 0 Å². The van der Waals surface area contributed by atoms with Gasteiger partial charge in [0.05, 0.1) is 11.5 Å². The maximum atomic E-state index is 12.6. The normalized spacial score (nSPS) is 11.9. The molecule has 1 rings (SSSR count). The molecular formula is C12H13F2NO4S2. The minimum atomic E-state index is -4.72. The smallest absolute Gasteiger partial charge is 0.304 e. The van der Waals surface area contributed by atoms with Crippen LogP contribution in [0.4, 0.5) is 13.5 Å². The average Bonchev–Trinajstić information content (AvgIpc) is 2.36. The standard InChI is InChI=1S/C12H13F2NO4S2/c1-2-11-4-3-5-12(10-11)15(6-8-20(13,16)17)7-9-21(14,18)19/h1,3-5,10H,6-9H2. The molecule has 0 aliphatic carbocycles. The van der Waals surface area contributed by atoms with E-state index in [0.29, 0.717) is 11.3 Å². The Morgan fingerprint density at radius 2 is 1.57 bits per heavy atom. The topological polar surface area (TPSA) is 71.5 Å². The Kier molecular flexibility index (Phi) is 5.69. The number of rotatable bonds is 7. The van der Waals surface area contributed by atoms with Crippen LogP contribution in [0.5, 0.6) is 0 Å². The SMILES string of the molecule is C#Cc1cccc(N(CCS(=O)(=O)F)CCS(=O)(=O)F)c1. The van der Waals surface area contributed by atoms with E-state index in [1.54, 1.807) is 12.1 Å². The van der Waals surface area contributed by atoms with Crippen LogP contribution in [-0.4, -0.2) is 41.4 Å². The van der Waals surface area contributed by atoms with Crippen LogP contribution in [0.2, 0.25) is 0 Å². The molecule has 0 radical (unpaired) electrons. The van der Waals surface area contributed by atoms with Gasteiger partial charge in [-0.15, -0.1) is 14.2 Å². The summed E-state index contributed by atoms with van der Waals surface area (Å²) in [6, 6.07) is 6.22. The molecule has 0 fully saturated rings. The molecule has 0 heterocycles. The Morgan fingerprint density at radius 3 is 2.00 bits per heavy atom. The Hall–Kier alpha value is -1.66. The zero-order valence-corrected chi connectivity index (χ0v) is 12.5. The highest BCUT2D eigenvalue weighted by molar-refractivity contribution is 7.86. The highest BCUT2D eigenvalue weighted by atomic mass is 32.3. The summed E-state index contributed by atoms with van der Waals surface area (Å²) in [4.78, 5) is 1.25. The Morgan fingerprint density at radius 1 is 1.05 bits per heavy atom. The van der Waals surface area contributed by atoms with E-state index in [0.717, 1.165) is 0 Å². The lowest BCUT2D eigenvalue weighted by molar-refractivity contribution is 0.549. The van der Waals surface area contributed by atoms with Crippen molar-refractivity contribution >= 4 is 26.1 Å². The van der Waals surface area contributed by atoms with Crippen LogP contribution in [0, 0.1) is 12.3 Å². The summed E-state index contributed by atoms with van der Waals surface area (Å²) in [5, 5.41) is 0. The molecule has 0 aliphatic rings. The molecule has 0 aromatic heterocycles. The monoisotopic (exact) mass is 337 g/mol. The average molecular weight is 337 g/mol. The molecule has 1 aromatic carbocycles. The second kappa shape index (κ2) is 6.87. The van der Waals surface area contributed by atoms with Crippen molar-refractivity contribution in [3.05, 3.63) is 29.8 Å². The lowest BCUT2D eigenvalue weighted by Gasteiger charge is -2.23. The summed E-state index contributed by atoms with van der Waals surface area (Å²) in [5.74, 6) is 0.688. The van der Waals surface area contributed by atoms with E-state index >= 15 is 0 Å². The molecule has 1 aromatic rings. The third-order valence-electron chi connectivity index (χ3n) is 2.59. The molecule has 5 nitrogen and oxygen atoms in total. The van der Waals surface area contributed by atoms with E-state index < -0.39 is 32.0 Å². The van der Waals surface area contributed by atoms with Gasteiger partial charge in [-0.3, -0.25) is 0 Å². The number of terminal acetylenes is 1. The van der Waals surface area contributed by atoms with Crippen LogP contribution in [-0.2, 0) is 20.4 Å². The lowest BCUT2D eigenvalue weighted by Crippen LogP contribution is -2.32. The summed E-state index contributed by atoms with van der Waals surface area (Å²) in [6.45, 7) is -0.634.